The van der Waals surface area contributed by atoms with E-state index in [0.717, 1.165) is 25.8 Å². The summed E-state index contributed by atoms with van der Waals surface area (Å²) < 4.78 is 5.58. The Balaban J connectivity index is 1.82. The Morgan fingerprint density at radius 1 is 1.20 bits per heavy atom. The van der Waals surface area contributed by atoms with Gasteiger partial charge in [-0.15, -0.1) is 0 Å². The summed E-state index contributed by atoms with van der Waals surface area (Å²) >= 11 is 0. The number of rotatable bonds is 6. The molecule has 0 saturated heterocycles. The number of ether oxygens (including phenoxy) is 1. The van der Waals surface area contributed by atoms with Crippen molar-refractivity contribution in [3.05, 3.63) is 47.7 Å². The lowest BCUT2D eigenvalue weighted by atomic mass is 10.00. The molecule has 0 fully saturated rings. The minimum atomic E-state index is 0.322. The molecular weight excluding hydrogens is 246 g/mol. The highest BCUT2D eigenvalue weighted by Gasteiger charge is 2.13. The second kappa shape index (κ2) is 7.49. The molecule has 0 aromatic heterocycles. The Bertz CT molecular complexity index is 422. The number of benzene rings is 1. The van der Waals surface area contributed by atoms with Crippen LogP contribution in [0, 0.1) is 5.92 Å². The van der Waals surface area contributed by atoms with Crippen LogP contribution in [0.15, 0.2) is 36.6 Å². The summed E-state index contributed by atoms with van der Waals surface area (Å²) in [6.45, 7) is 7.66. The quantitative estimate of drug-likeness (QED) is 0.837. The van der Waals surface area contributed by atoms with Crippen LogP contribution in [0.2, 0.25) is 0 Å². The van der Waals surface area contributed by atoms with Gasteiger partial charge in [-0.1, -0.05) is 38.1 Å². The molecule has 0 saturated carbocycles. The van der Waals surface area contributed by atoms with Crippen LogP contribution in [0.1, 0.15) is 50.8 Å². The smallest absolute Gasteiger partial charge is 0.110 e. The van der Waals surface area contributed by atoms with E-state index in [-0.39, 0.29) is 0 Å². The molecule has 2 atom stereocenters. The Morgan fingerprint density at radius 3 is 2.55 bits per heavy atom. The van der Waals surface area contributed by atoms with Crippen LogP contribution in [-0.2, 0) is 11.2 Å². The van der Waals surface area contributed by atoms with Gasteiger partial charge in [-0.2, -0.15) is 0 Å². The van der Waals surface area contributed by atoms with Crippen molar-refractivity contribution >= 4 is 0 Å². The molecule has 20 heavy (non-hydrogen) atoms. The van der Waals surface area contributed by atoms with E-state index in [1.807, 2.05) is 6.26 Å². The van der Waals surface area contributed by atoms with Gasteiger partial charge in [-0.3, -0.25) is 0 Å². The average molecular weight is 273 g/mol. The van der Waals surface area contributed by atoms with E-state index in [1.54, 1.807) is 0 Å². The van der Waals surface area contributed by atoms with E-state index in [2.05, 4.69) is 56.4 Å². The Morgan fingerprint density at radius 2 is 1.95 bits per heavy atom. The van der Waals surface area contributed by atoms with Gasteiger partial charge in [0.05, 0.1) is 6.26 Å². The largest absolute Gasteiger partial charge is 0.497 e. The van der Waals surface area contributed by atoms with Gasteiger partial charge in [-0.25, -0.2) is 0 Å². The van der Waals surface area contributed by atoms with Gasteiger partial charge >= 0.3 is 0 Å². The molecule has 0 spiro atoms. The molecular formula is C18H27NO. The second-order valence-electron chi connectivity index (χ2n) is 6.18. The maximum absolute atomic E-state index is 5.58. The second-order valence-corrected chi connectivity index (χ2v) is 6.18. The van der Waals surface area contributed by atoms with Crippen molar-refractivity contribution in [2.45, 2.75) is 52.2 Å². The predicted molar refractivity (Wildman–Crippen MR) is 84.6 cm³/mol. The fourth-order valence-corrected chi connectivity index (χ4v) is 2.57. The van der Waals surface area contributed by atoms with Crippen molar-refractivity contribution in [3.8, 4) is 0 Å². The van der Waals surface area contributed by atoms with Crippen LogP contribution in [0.3, 0.4) is 0 Å². The summed E-state index contributed by atoms with van der Waals surface area (Å²) in [7, 11) is 0. The van der Waals surface area contributed by atoms with Crippen molar-refractivity contribution < 1.29 is 4.74 Å². The zero-order valence-electron chi connectivity index (χ0n) is 12.9. The van der Waals surface area contributed by atoms with Crippen LogP contribution in [0.4, 0.5) is 0 Å². The van der Waals surface area contributed by atoms with Crippen molar-refractivity contribution in [1.29, 1.82) is 0 Å². The van der Waals surface area contributed by atoms with Crippen LogP contribution in [-0.4, -0.2) is 12.6 Å². The summed E-state index contributed by atoms with van der Waals surface area (Å²) in [6, 6.07) is 9.38. The van der Waals surface area contributed by atoms with Gasteiger partial charge in [0.2, 0.25) is 0 Å². The van der Waals surface area contributed by atoms with E-state index in [1.165, 1.54) is 11.1 Å². The molecule has 1 heterocycles. The maximum Gasteiger partial charge on any atom is 0.110 e. The molecule has 1 aromatic carbocycles. The third-order valence-electron chi connectivity index (χ3n) is 3.80. The van der Waals surface area contributed by atoms with E-state index in [9.17, 15) is 0 Å². The van der Waals surface area contributed by atoms with Crippen molar-refractivity contribution in [3.63, 3.8) is 0 Å². The van der Waals surface area contributed by atoms with Crippen LogP contribution in [0.5, 0.6) is 0 Å². The highest BCUT2D eigenvalue weighted by Crippen LogP contribution is 2.16. The first-order valence-electron chi connectivity index (χ1n) is 7.78. The fraction of sp³-hybridized carbons (Fsp3) is 0.556. The Hall–Kier alpha value is -1.28. The molecule has 2 rings (SSSR count). The van der Waals surface area contributed by atoms with Crippen molar-refractivity contribution in [2.24, 2.45) is 5.92 Å². The predicted octanol–water partition coefficient (Wildman–Crippen LogP) is 4.23. The highest BCUT2D eigenvalue weighted by atomic mass is 16.5. The van der Waals surface area contributed by atoms with E-state index in [4.69, 9.17) is 4.74 Å². The molecule has 1 aliphatic rings. The van der Waals surface area contributed by atoms with E-state index >= 15 is 0 Å². The number of hydrogen-bond donors (Lipinski definition) is 1. The van der Waals surface area contributed by atoms with Crippen LogP contribution < -0.4 is 5.32 Å². The summed E-state index contributed by atoms with van der Waals surface area (Å²) in [5, 5.41) is 3.57. The van der Waals surface area contributed by atoms with E-state index in [0.29, 0.717) is 18.1 Å². The molecule has 110 valence electrons. The summed E-state index contributed by atoms with van der Waals surface area (Å²) in [5.41, 5.74) is 2.78. The lowest BCUT2D eigenvalue weighted by molar-refractivity contribution is 0.120. The third-order valence-corrected chi connectivity index (χ3v) is 3.80. The van der Waals surface area contributed by atoms with E-state index < -0.39 is 0 Å². The molecule has 0 radical (unpaired) electrons. The molecule has 1 aromatic rings. The Kier molecular flexibility index (Phi) is 5.66. The van der Waals surface area contributed by atoms with Crippen molar-refractivity contribution in [1.82, 2.24) is 5.32 Å². The SMILES string of the molecule is CC(C)Cc1ccc(C(C)NCC2CCC=CO2)cc1. The maximum atomic E-state index is 5.58. The summed E-state index contributed by atoms with van der Waals surface area (Å²) in [5.74, 6) is 0.716. The fourth-order valence-electron chi connectivity index (χ4n) is 2.57. The first-order valence-corrected chi connectivity index (χ1v) is 7.78. The standard InChI is InChI=1S/C18H27NO/c1-14(2)12-16-7-9-17(10-8-16)15(3)19-13-18-6-4-5-11-20-18/h5,7-11,14-15,18-19H,4,6,12-13H2,1-3H3. The van der Waals surface area contributed by atoms with Gasteiger partial charge in [0.25, 0.3) is 0 Å². The molecule has 1 N–H and O–H groups in total. The van der Waals surface area contributed by atoms with Gasteiger partial charge in [0, 0.05) is 12.6 Å². The average Bonchev–Trinajstić information content (AvgIpc) is 2.46. The topological polar surface area (TPSA) is 21.3 Å². The molecule has 2 nitrogen and oxygen atoms in total. The molecule has 2 heteroatoms. The number of hydrogen-bond acceptors (Lipinski definition) is 2. The third kappa shape index (κ3) is 4.68. The number of nitrogens with one attached hydrogen (secondary N) is 1. The monoisotopic (exact) mass is 273 g/mol. The van der Waals surface area contributed by atoms with Crippen LogP contribution >= 0.6 is 0 Å². The first kappa shape index (κ1) is 15.1. The molecule has 0 aliphatic carbocycles. The van der Waals surface area contributed by atoms with Crippen molar-refractivity contribution in [2.75, 3.05) is 6.54 Å². The highest BCUT2D eigenvalue weighted by molar-refractivity contribution is 5.25. The molecule has 0 amide bonds. The zero-order chi connectivity index (χ0) is 14.4. The molecule has 0 bridgehead atoms. The lowest BCUT2D eigenvalue weighted by Gasteiger charge is -2.22. The van der Waals surface area contributed by atoms with Gasteiger partial charge in [0.1, 0.15) is 6.10 Å². The lowest BCUT2D eigenvalue weighted by Crippen LogP contribution is -2.31. The van der Waals surface area contributed by atoms with Gasteiger partial charge < -0.3 is 10.1 Å². The normalized spacial score (nSPS) is 19.9. The summed E-state index contributed by atoms with van der Waals surface area (Å²) in [6.07, 6.45) is 7.65. The Labute approximate surface area is 123 Å². The first-order chi connectivity index (χ1) is 9.65. The molecule has 2 unspecified atom stereocenters. The molecule has 1 aliphatic heterocycles. The summed E-state index contributed by atoms with van der Waals surface area (Å²) in [4.78, 5) is 0. The minimum Gasteiger partial charge on any atom is -0.497 e. The van der Waals surface area contributed by atoms with Gasteiger partial charge in [-0.05, 0) is 49.3 Å². The van der Waals surface area contributed by atoms with Crippen LogP contribution in [0.25, 0.3) is 0 Å². The zero-order valence-corrected chi connectivity index (χ0v) is 12.9. The van der Waals surface area contributed by atoms with Gasteiger partial charge in [0.15, 0.2) is 0 Å². The minimum absolute atomic E-state index is 0.322. The number of allylic oxidation sites excluding steroid dienone is 1.